The maximum atomic E-state index is 13.1. The number of hydrogen-bond donors (Lipinski definition) is 0. The van der Waals surface area contributed by atoms with E-state index in [0.29, 0.717) is 11.6 Å². The van der Waals surface area contributed by atoms with Crippen LogP contribution in [-0.2, 0) is 16.6 Å². The molecule has 120 valence electrons. The Labute approximate surface area is 131 Å². The molecule has 0 aromatic carbocycles. The Bertz CT molecular complexity index is 593. The summed E-state index contributed by atoms with van der Waals surface area (Å²) in [6.07, 6.45) is 5.17. The summed E-state index contributed by atoms with van der Waals surface area (Å²) in [5.74, 6) is 0.109. The molecule has 1 saturated heterocycles. The average Bonchev–Trinajstić information content (AvgIpc) is 3.07. The van der Waals surface area contributed by atoms with Gasteiger partial charge in [0.25, 0.3) is 5.91 Å². The molecule has 5 heteroatoms. The first-order chi connectivity index (χ1) is 10.5. The number of carbonyl (C=O) groups is 2. The second-order valence-corrected chi connectivity index (χ2v) is 6.52. The molecular weight excluding hydrogens is 280 g/mol. The summed E-state index contributed by atoms with van der Waals surface area (Å²) in [4.78, 5) is 27.0. The molecule has 1 aliphatic carbocycles. The van der Waals surface area contributed by atoms with Gasteiger partial charge in [0, 0.05) is 18.8 Å². The number of hydrogen-bond acceptors (Lipinski definition) is 3. The van der Waals surface area contributed by atoms with E-state index >= 15 is 0 Å². The van der Waals surface area contributed by atoms with E-state index in [0.717, 1.165) is 31.4 Å². The van der Waals surface area contributed by atoms with Crippen molar-refractivity contribution < 1.29 is 14.3 Å². The number of carbonyl (C=O) groups excluding carboxylic acids is 2. The monoisotopic (exact) mass is 304 g/mol. The highest BCUT2D eigenvalue weighted by atomic mass is 16.5. The molecule has 0 spiro atoms. The lowest BCUT2D eigenvalue weighted by molar-refractivity contribution is -0.145. The Balaban J connectivity index is 1.94. The van der Waals surface area contributed by atoms with Gasteiger partial charge in [0.05, 0.1) is 7.11 Å². The van der Waals surface area contributed by atoms with Gasteiger partial charge in [-0.1, -0.05) is 12.8 Å². The number of ether oxygens (including phenoxy) is 1. The van der Waals surface area contributed by atoms with Gasteiger partial charge in [0.15, 0.2) is 0 Å². The summed E-state index contributed by atoms with van der Waals surface area (Å²) in [5, 5.41) is 0. The number of rotatable bonds is 2. The number of amides is 1. The Morgan fingerprint density at radius 1 is 1.23 bits per heavy atom. The van der Waals surface area contributed by atoms with Crippen LogP contribution in [0.2, 0.25) is 0 Å². The molecule has 1 amide bonds. The Kier molecular flexibility index (Phi) is 3.98. The highest BCUT2D eigenvalue weighted by molar-refractivity contribution is 5.96. The Hall–Kier alpha value is -1.78. The first kappa shape index (κ1) is 15.1. The van der Waals surface area contributed by atoms with E-state index in [4.69, 9.17) is 4.74 Å². The average molecular weight is 304 g/mol. The summed E-state index contributed by atoms with van der Waals surface area (Å²) in [7, 11) is 3.30. The zero-order chi connectivity index (χ0) is 15.9. The molecule has 3 atom stereocenters. The van der Waals surface area contributed by atoms with Crippen LogP contribution in [0.3, 0.4) is 0 Å². The topological polar surface area (TPSA) is 51.5 Å². The van der Waals surface area contributed by atoms with Crippen LogP contribution in [0.1, 0.15) is 48.3 Å². The van der Waals surface area contributed by atoms with Crippen molar-refractivity contribution in [3.63, 3.8) is 0 Å². The quantitative estimate of drug-likeness (QED) is 0.788. The molecule has 0 bridgehead atoms. The number of esters is 1. The number of aryl methyl sites for hydroxylation is 1. The van der Waals surface area contributed by atoms with Crippen LogP contribution in [-0.4, -0.2) is 40.5 Å². The second kappa shape index (κ2) is 5.78. The smallest absolute Gasteiger partial charge is 0.328 e. The lowest BCUT2D eigenvalue weighted by atomic mass is 9.84. The molecule has 1 aliphatic heterocycles. The molecule has 22 heavy (non-hydrogen) atoms. The summed E-state index contributed by atoms with van der Waals surface area (Å²) in [6.45, 7) is 1.97. The number of nitrogens with zero attached hydrogens (tertiary/aromatic N) is 2. The van der Waals surface area contributed by atoms with E-state index in [2.05, 4.69) is 0 Å². The lowest BCUT2D eigenvalue weighted by Gasteiger charge is -2.33. The largest absolute Gasteiger partial charge is 0.467 e. The minimum Gasteiger partial charge on any atom is -0.467 e. The van der Waals surface area contributed by atoms with Crippen molar-refractivity contribution in [2.24, 2.45) is 13.0 Å². The molecule has 2 heterocycles. The van der Waals surface area contributed by atoms with E-state index in [1.807, 2.05) is 35.6 Å². The number of fused-ring (bicyclic) bond motifs is 1. The van der Waals surface area contributed by atoms with Crippen molar-refractivity contribution in [2.45, 2.75) is 51.1 Å². The predicted molar refractivity (Wildman–Crippen MR) is 82.5 cm³/mol. The first-order valence-corrected chi connectivity index (χ1v) is 8.07. The fraction of sp³-hybridized carbons (Fsp3) is 0.647. The maximum absolute atomic E-state index is 13.1. The van der Waals surface area contributed by atoms with Crippen molar-refractivity contribution >= 4 is 11.9 Å². The van der Waals surface area contributed by atoms with Gasteiger partial charge in [-0.05, 0) is 44.2 Å². The van der Waals surface area contributed by atoms with Crippen LogP contribution < -0.4 is 0 Å². The lowest BCUT2D eigenvalue weighted by Crippen LogP contribution is -2.47. The van der Waals surface area contributed by atoms with Gasteiger partial charge >= 0.3 is 5.97 Å². The minimum absolute atomic E-state index is 0.0413. The molecule has 2 fully saturated rings. The van der Waals surface area contributed by atoms with Gasteiger partial charge in [-0.25, -0.2) is 4.79 Å². The third-order valence-electron chi connectivity index (χ3n) is 5.39. The normalized spacial score (nSPS) is 27.6. The number of likely N-dealkylation sites (tertiary alicyclic amines) is 1. The summed E-state index contributed by atoms with van der Waals surface area (Å²) in [5.41, 5.74) is 1.69. The maximum Gasteiger partial charge on any atom is 0.328 e. The van der Waals surface area contributed by atoms with Gasteiger partial charge in [-0.15, -0.1) is 0 Å². The predicted octanol–water partition coefficient (Wildman–Crippen LogP) is 2.28. The van der Waals surface area contributed by atoms with E-state index < -0.39 is 6.04 Å². The molecule has 5 nitrogen and oxygen atoms in total. The van der Waals surface area contributed by atoms with Crippen molar-refractivity contribution in [3.8, 4) is 0 Å². The van der Waals surface area contributed by atoms with E-state index in [9.17, 15) is 9.59 Å². The van der Waals surface area contributed by atoms with Crippen LogP contribution >= 0.6 is 0 Å². The van der Waals surface area contributed by atoms with Crippen molar-refractivity contribution in [3.05, 3.63) is 23.5 Å². The molecule has 0 unspecified atom stereocenters. The van der Waals surface area contributed by atoms with Crippen LogP contribution in [0.15, 0.2) is 12.1 Å². The highest BCUT2D eigenvalue weighted by Crippen LogP contribution is 2.40. The van der Waals surface area contributed by atoms with Crippen LogP contribution in [0, 0.1) is 12.8 Å². The third kappa shape index (κ3) is 2.32. The van der Waals surface area contributed by atoms with Gasteiger partial charge in [0.2, 0.25) is 0 Å². The van der Waals surface area contributed by atoms with E-state index in [1.54, 1.807) is 0 Å². The number of aromatic nitrogens is 1. The standard InChI is InChI=1S/C17H24N2O3/c1-11-8-9-14(18(11)2)16(20)19-13-7-5-4-6-12(13)10-15(19)17(21)22-3/h8-9,12-13,15H,4-7,10H2,1-3H3/t12-,13+,15+/m1/s1. The number of methoxy groups -OCH3 is 1. The van der Waals surface area contributed by atoms with Crippen molar-refractivity contribution in [1.82, 2.24) is 9.47 Å². The second-order valence-electron chi connectivity index (χ2n) is 6.52. The molecular formula is C17H24N2O3. The SMILES string of the molecule is COC(=O)[C@@H]1C[C@H]2CCCC[C@@H]2N1C(=O)c1ccc(C)n1C. The Morgan fingerprint density at radius 2 is 1.95 bits per heavy atom. The van der Waals surface area contributed by atoms with Crippen LogP contribution in [0.5, 0.6) is 0 Å². The summed E-state index contributed by atoms with van der Waals surface area (Å²) < 4.78 is 6.85. The van der Waals surface area contributed by atoms with Crippen molar-refractivity contribution in [1.29, 1.82) is 0 Å². The van der Waals surface area contributed by atoms with Gasteiger partial charge in [0.1, 0.15) is 11.7 Å². The van der Waals surface area contributed by atoms with Crippen LogP contribution in [0.4, 0.5) is 0 Å². The molecule has 0 N–H and O–H groups in total. The molecule has 1 saturated carbocycles. The third-order valence-corrected chi connectivity index (χ3v) is 5.39. The minimum atomic E-state index is -0.430. The molecule has 3 rings (SSSR count). The van der Waals surface area contributed by atoms with E-state index in [-0.39, 0.29) is 17.9 Å². The highest BCUT2D eigenvalue weighted by Gasteiger charge is 2.48. The summed E-state index contributed by atoms with van der Waals surface area (Å²) >= 11 is 0. The van der Waals surface area contributed by atoms with Gasteiger partial charge < -0.3 is 14.2 Å². The first-order valence-electron chi connectivity index (χ1n) is 8.07. The zero-order valence-electron chi connectivity index (χ0n) is 13.5. The van der Waals surface area contributed by atoms with Crippen LogP contribution in [0.25, 0.3) is 0 Å². The molecule has 1 aromatic rings. The van der Waals surface area contributed by atoms with Crippen molar-refractivity contribution in [2.75, 3.05) is 7.11 Å². The Morgan fingerprint density at radius 3 is 2.59 bits per heavy atom. The van der Waals surface area contributed by atoms with Gasteiger partial charge in [-0.2, -0.15) is 0 Å². The summed E-state index contributed by atoms with van der Waals surface area (Å²) in [6, 6.07) is 3.54. The molecule has 1 aromatic heterocycles. The van der Waals surface area contributed by atoms with E-state index in [1.165, 1.54) is 13.5 Å². The fourth-order valence-corrected chi connectivity index (χ4v) is 4.06. The fourth-order valence-electron chi connectivity index (χ4n) is 4.06. The molecule has 2 aliphatic rings. The molecule has 0 radical (unpaired) electrons. The zero-order valence-corrected chi connectivity index (χ0v) is 13.5. The van der Waals surface area contributed by atoms with Gasteiger partial charge in [-0.3, -0.25) is 4.79 Å².